The van der Waals surface area contributed by atoms with Crippen molar-refractivity contribution in [1.82, 2.24) is 0 Å². The molecule has 0 aromatic carbocycles. The third-order valence-electron chi connectivity index (χ3n) is 1.22. The Morgan fingerprint density at radius 1 is 0.958 bits per heavy atom. The van der Waals surface area contributed by atoms with E-state index in [4.69, 9.17) is 20.3 Å². The van der Waals surface area contributed by atoms with Crippen LogP contribution in [0.3, 0.4) is 0 Å². The Bertz CT molecular complexity index is 282. The zero-order valence-corrected chi connectivity index (χ0v) is 15.7. The first-order valence-corrected chi connectivity index (χ1v) is 6.36. The molecule has 24 heavy (non-hydrogen) atoms. The fourth-order valence-electron chi connectivity index (χ4n) is 0.289. The molecule has 0 aromatic rings. The molecule has 2 N–H and O–H groups in total. The number of carbonyl (C=O) groups is 2. The van der Waals surface area contributed by atoms with Crippen LogP contribution in [-0.2, 0) is 28.6 Å². The summed E-state index contributed by atoms with van der Waals surface area (Å²) >= 11 is 0. The van der Waals surface area contributed by atoms with Crippen molar-refractivity contribution in [1.29, 1.82) is 5.26 Å². The van der Waals surface area contributed by atoms with Gasteiger partial charge in [-0.25, -0.2) is 9.79 Å². The number of nitrogens with zero attached hydrogens (tertiary/aromatic N) is 2. The van der Waals surface area contributed by atoms with E-state index in [0.29, 0.717) is 12.8 Å². The van der Waals surface area contributed by atoms with Crippen LogP contribution in [0.4, 0.5) is 0 Å². The van der Waals surface area contributed by atoms with Crippen LogP contribution >= 0.6 is 0 Å². The number of isocyanates is 1. The number of rotatable bonds is 2. The normalized spacial score (nSPS) is 5.71. The second-order valence-electron chi connectivity index (χ2n) is 2.47. The van der Waals surface area contributed by atoms with Crippen molar-refractivity contribution < 1.29 is 38.8 Å². The van der Waals surface area contributed by atoms with Gasteiger partial charge >= 0.3 is 11.9 Å². The molecule has 0 rings (SSSR count). The minimum absolute atomic E-state index is 0.157. The van der Waals surface area contributed by atoms with Crippen LogP contribution in [0.1, 0.15) is 26.7 Å². The Kier molecular flexibility index (Phi) is 92.3. The van der Waals surface area contributed by atoms with Gasteiger partial charge in [0.2, 0.25) is 6.08 Å². The van der Waals surface area contributed by atoms with Crippen molar-refractivity contribution in [2.24, 2.45) is 4.99 Å². The highest BCUT2D eigenvalue weighted by Gasteiger charge is 1.88. The van der Waals surface area contributed by atoms with Crippen LogP contribution < -0.4 is 0 Å². The Morgan fingerprint density at radius 2 is 1.17 bits per heavy atom. The van der Waals surface area contributed by atoms with Gasteiger partial charge in [0.15, 0.2) is 0 Å². The predicted molar refractivity (Wildman–Crippen MR) is 87.6 cm³/mol. The van der Waals surface area contributed by atoms with Gasteiger partial charge in [-0.1, -0.05) is 13.8 Å². The lowest BCUT2D eigenvalue weighted by Gasteiger charge is -1.87. The highest BCUT2D eigenvalue weighted by Crippen LogP contribution is 1.76. The summed E-state index contributed by atoms with van der Waals surface area (Å²) in [6, 6.07) is 0. The average molecular weight is 354 g/mol. The van der Waals surface area contributed by atoms with Crippen LogP contribution in [-0.4, -0.2) is 70.8 Å². The minimum Gasteiger partial charge on any atom is -0.469 e. The number of hydrogen-bond donors (Lipinski definition) is 2. The molecule has 0 unspecified atom stereocenters. The van der Waals surface area contributed by atoms with Gasteiger partial charge in [-0.05, 0) is 0 Å². The standard InChI is InChI=1S/2C4H8O2.2C2H3NO.2CH4O/c2*1-3-4(5)6-2;1-4-2-3;1-3-2-4;2*1-2/h2*3H2,1-2H3;2*1H3;2*2H,1H3. The molecule has 0 aliphatic carbocycles. The summed E-state index contributed by atoms with van der Waals surface area (Å²) in [5.74, 6) is -0.315. The minimum atomic E-state index is -0.157. The molecule has 0 aliphatic rings. The van der Waals surface area contributed by atoms with Crippen molar-refractivity contribution in [2.45, 2.75) is 26.7 Å². The molecule has 0 amide bonds. The van der Waals surface area contributed by atoms with Gasteiger partial charge in [0.1, 0.15) is 0 Å². The third-order valence-corrected chi connectivity index (χ3v) is 1.22. The lowest BCUT2D eigenvalue weighted by atomic mass is 10.5. The highest BCUT2D eigenvalue weighted by atomic mass is 16.5. The van der Waals surface area contributed by atoms with Crippen LogP contribution in [0.15, 0.2) is 4.99 Å². The van der Waals surface area contributed by atoms with E-state index in [2.05, 4.69) is 19.2 Å². The predicted octanol–water partition coefficient (Wildman–Crippen LogP) is 0.422. The number of ether oxygens (including phenoxy) is 3. The van der Waals surface area contributed by atoms with Gasteiger partial charge in [0.05, 0.1) is 21.3 Å². The Labute approximate surface area is 143 Å². The first-order valence-electron chi connectivity index (χ1n) is 6.36. The molecule has 0 aromatic heterocycles. The van der Waals surface area contributed by atoms with Gasteiger partial charge in [-0.3, -0.25) is 9.59 Å². The zero-order chi connectivity index (χ0) is 20.8. The highest BCUT2D eigenvalue weighted by molar-refractivity contribution is 5.68. The molecule has 0 radical (unpaired) electrons. The van der Waals surface area contributed by atoms with E-state index in [1.807, 2.05) is 0 Å². The van der Waals surface area contributed by atoms with Crippen LogP contribution in [0, 0.1) is 11.5 Å². The van der Waals surface area contributed by atoms with Crippen molar-refractivity contribution >= 4 is 18.0 Å². The van der Waals surface area contributed by atoms with E-state index >= 15 is 0 Å². The molecule has 0 heterocycles. The number of methoxy groups -OCH3 is 3. The molecule has 0 atom stereocenters. The summed E-state index contributed by atoms with van der Waals surface area (Å²) < 4.78 is 12.4. The molecule has 0 aliphatic heterocycles. The van der Waals surface area contributed by atoms with E-state index in [-0.39, 0.29) is 11.9 Å². The molecular weight excluding hydrogens is 324 g/mol. The monoisotopic (exact) mass is 354 g/mol. The van der Waals surface area contributed by atoms with E-state index in [9.17, 15) is 9.59 Å². The summed E-state index contributed by atoms with van der Waals surface area (Å²) in [5, 5.41) is 21.4. The van der Waals surface area contributed by atoms with Crippen LogP contribution in [0.25, 0.3) is 0 Å². The second kappa shape index (κ2) is 58.9. The average Bonchev–Trinajstić information content (AvgIpc) is 2.70. The molecular formula is C14H30N2O8. The molecule has 0 bridgehead atoms. The number of aliphatic hydroxyl groups excluding tert-OH is 2. The largest absolute Gasteiger partial charge is 0.469 e. The number of aliphatic imine (C=N–C) groups is 1. The maximum Gasteiger partial charge on any atom is 0.305 e. The van der Waals surface area contributed by atoms with E-state index in [1.165, 1.54) is 40.7 Å². The topological polar surface area (TPSA) is 156 Å². The maximum atomic E-state index is 9.96. The van der Waals surface area contributed by atoms with Gasteiger partial charge in [0.25, 0.3) is 6.26 Å². The smallest absolute Gasteiger partial charge is 0.305 e. The molecule has 0 spiro atoms. The van der Waals surface area contributed by atoms with Gasteiger partial charge in [-0.2, -0.15) is 5.26 Å². The molecule has 144 valence electrons. The Balaban J connectivity index is -0.0000000426. The molecule has 10 heteroatoms. The number of esters is 2. The molecule has 0 fully saturated rings. The SMILES string of the molecule is CCC(=O)OC.CCC(=O)OC.CN=C=O.CO.CO.COC#N. The van der Waals surface area contributed by atoms with E-state index in [1.54, 1.807) is 13.8 Å². The summed E-state index contributed by atoms with van der Waals surface area (Å²) in [4.78, 5) is 31.7. The summed E-state index contributed by atoms with van der Waals surface area (Å²) in [6.07, 6.45) is 3.67. The van der Waals surface area contributed by atoms with Gasteiger partial charge in [0, 0.05) is 34.1 Å². The van der Waals surface area contributed by atoms with E-state index < -0.39 is 0 Å². The first-order chi connectivity index (χ1) is 11.4. The number of carbonyl (C=O) groups excluding carboxylic acids is 3. The van der Waals surface area contributed by atoms with Gasteiger partial charge in [-0.15, -0.1) is 0 Å². The summed E-state index contributed by atoms with van der Waals surface area (Å²) in [6.45, 7) is 3.51. The number of nitriles is 1. The lowest BCUT2D eigenvalue weighted by Crippen LogP contribution is -1.94. The van der Waals surface area contributed by atoms with E-state index in [0.717, 1.165) is 14.2 Å². The molecule has 0 saturated carbocycles. The summed E-state index contributed by atoms with van der Waals surface area (Å²) in [7, 11) is 7.46. The van der Waals surface area contributed by atoms with Crippen molar-refractivity contribution in [2.75, 3.05) is 42.6 Å². The van der Waals surface area contributed by atoms with Gasteiger partial charge < -0.3 is 24.4 Å². The molecule has 10 nitrogen and oxygen atoms in total. The fraction of sp³-hybridized carbons (Fsp3) is 0.714. The zero-order valence-electron chi connectivity index (χ0n) is 15.7. The number of hydrogen-bond acceptors (Lipinski definition) is 10. The number of aliphatic hydroxyl groups is 2. The van der Waals surface area contributed by atoms with Crippen molar-refractivity contribution in [3.63, 3.8) is 0 Å². The first kappa shape index (κ1) is 37.6. The molecule has 0 saturated heterocycles. The Morgan fingerprint density at radius 3 is 1.17 bits per heavy atom. The Hall–Kier alpha value is -2.47. The maximum absolute atomic E-state index is 9.96. The second-order valence-corrected chi connectivity index (χ2v) is 2.47. The quantitative estimate of drug-likeness (QED) is 0.310. The van der Waals surface area contributed by atoms with Crippen molar-refractivity contribution in [3.05, 3.63) is 0 Å². The van der Waals surface area contributed by atoms with Crippen LogP contribution in [0.5, 0.6) is 0 Å². The summed E-state index contributed by atoms with van der Waals surface area (Å²) in [5.41, 5.74) is 0. The lowest BCUT2D eigenvalue weighted by molar-refractivity contribution is -0.141. The van der Waals surface area contributed by atoms with Crippen molar-refractivity contribution in [3.8, 4) is 6.26 Å². The van der Waals surface area contributed by atoms with Crippen LogP contribution in [0.2, 0.25) is 0 Å². The third kappa shape index (κ3) is 118. The fourth-order valence-corrected chi connectivity index (χ4v) is 0.289.